The quantitative estimate of drug-likeness (QED) is 0.854. The Morgan fingerprint density at radius 1 is 1.48 bits per heavy atom. The molecule has 6 nitrogen and oxygen atoms in total. The Morgan fingerprint density at radius 2 is 2.19 bits per heavy atom. The predicted molar refractivity (Wildman–Crippen MR) is 76.7 cm³/mol. The number of H-pyrrole nitrogens is 1. The number of hydrogen-bond acceptors (Lipinski definition) is 4. The van der Waals surface area contributed by atoms with Crippen LogP contribution in [0.15, 0.2) is 23.1 Å². The standard InChI is InChI=1S/C15H19N3O3/c1-15(2,3)21-14(20)18-8-11(7-16)12(9-18)10-4-5-17-13(19)6-10/h4-6,11-12H,8-9H2,1-3H3,(H,17,19)/t11-,12+/m0/s1. The van der Waals surface area contributed by atoms with Crippen LogP contribution in [-0.2, 0) is 4.74 Å². The van der Waals surface area contributed by atoms with Crippen LogP contribution in [0.2, 0.25) is 0 Å². The molecule has 0 unspecified atom stereocenters. The minimum Gasteiger partial charge on any atom is -0.444 e. The second kappa shape index (κ2) is 5.60. The summed E-state index contributed by atoms with van der Waals surface area (Å²) in [6.07, 6.45) is 1.14. The van der Waals surface area contributed by atoms with Crippen molar-refractivity contribution >= 4 is 6.09 Å². The molecular weight excluding hydrogens is 270 g/mol. The van der Waals surface area contributed by atoms with Gasteiger partial charge in [0.15, 0.2) is 0 Å². The van der Waals surface area contributed by atoms with Crippen LogP contribution in [0.25, 0.3) is 0 Å². The number of nitrogens with zero attached hydrogens (tertiary/aromatic N) is 2. The van der Waals surface area contributed by atoms with Gasteiger partial charge in [-0.1, -0.05) is 0 Å². The smallest absolute Gasteiger partial charge is 0.410 e. The lowest BCUT2D eigenvalue weighted by molar-refractivity contribution is 0.0289. The van der Waals surface area contributed by atoms with Crippen LogP contribution >= 0.6 is 0 Å². The second-order valence-electron chi connectivity index (χ2n) is 6.21. The summed E-state index contributed by atoms with van der Waals surface area (Å²) in [6, 6.07) is 5.47. The summed E-state index contributed by atoms with van der Waals surface area (Å²) in [6.45, 7) is 6.12. The van der Waals surface area contributed by atoms with Gasteiger partial charge < -0.3 is 14.6 Å². The van der Waals surface area contributed by atoms with Crippen molar-refractivity contribution in [3.05, 3.63) is 34.2 Å². The molecule has 1 amide bonds. The summed E-state index contributed by atoms with van der Waals surface area (Å²) >= 11 is 0. The lowest BCUT2D eigenvalue weighted by atomic mass is 9.91. The van der Waals surface area contributed by atoms with E-state index in [0.29, 0.717) is 13.1 Å². The van der Waals surface area contributed by atoms with E-state index in [0.717, 1.165) is 5.56 Å². The van der Waals surface area contributed by atoms with Gasteiger partial charge in [0.1, 0.15) is 5.60 Å². The van der Waals surface area contributed by atoms with Gasteiger partial charge in [0.25, 0.3) is 0 Å². The van der Waals surface area contributed by atoms with Crippen LogP contribution in [-0.4, -0.2) is 34.7 Å². The van der Waals surface area contributed by atoms with Crippen molar-refractivity contribution < 1.29 is 9.53 Å². The zero-order valence-electron chi connectivity index (χ0n) is 12.4. The SMILES string of the molecule is CC(C)(C)OC(=O)N1C[C@H](c2cc[nH]c(=O)c2)[C@@H](C#N)C1. The normalized spacial score (nSPS) is 21.9. The first-order chi connectivity index (χ1) is 9.80. The molecule has 6 heteroatoms. The van der Waals surface area contributed by atoms with Crippen molar-refractivity contribution in [3.8, 4) is 6.07 Å². The lowest BCUT2D eigenvalue weighted by Gasteiger charge is -2.24. The number of aromatic nitrogens is 1. The highest BCUT2D eigenvalue weighted by atomic mass is 16.6. The minimum atomic E-state index is -0.568. The van der Waals surface area contributed by atoms with Crippen LogP contribution in [0.5, 0.6) is 0 Å². The Balaban J connectivity index is 2.17. The average molecular weight is 289 g/mol. The molecule has 0 spiro atoms. The van der Waals surface area contributed by atoms with E-state index in [2.05, 4.69) is 11.1 Å². The van der Waals surface area contributed by atoms with Gasteiger partial charge in [-0.3, -0.25) is 4.79 Å². The number of pyridine rings is 1. The Hall–Kier alpha value is -2.29. The zero-order chi connectivity index (χ0) is 15.6. The van der Waals surface area contributed by atoms with Gasteiger partial charge in [-0.2, -0.15) is 5.26 Å². The van der Waals surface area contributed by atoms with Crippen LogP contribution in [0.1, 0.15) is 32.3 Å². The molecule has 2 atom stereocenters. The molecule has 1 aliphatic heterocycles. The zero-order valence-corrected chi connectivity index (χ0v) is 12.4. The van der Waals surface area contributed by atoms with E-state index in [-0.39, 0.29) is 17.4 Å². The monoisotopic (exact) mass is 289 g/mol. The van der Waals surface area contributed by atoms with E-state index in [1.807, 2.05) is 0 Å². The number of ether oxygens (including phenoxy) is 1. The number of carbonyl (C=O) groups is 1. The van der Waals surface area contributed by atoms with Gasteiger partial charge in [-0.25, -0.2) is 4.79 Å². The Bertz CT molecular complexity index is 624. The second-order valence-corrected chi connectivity index (χ2v) is 6.21. The number of carbonyl (C=O) groups excluding carboxylic acids is 1. The fourth-order valence-corrected chi connectivity index (χ4v) is 2.44. The molecule has 1 aromatic heterocycles. The average Bonchev–Trinajstić information content (AvgIpc) is 2.81. The Morgan fingerprint density at radius 3 is 2.76 bits per heavy atom. The number of likely N-dealkylation sites (tertiary alicyclic amines) is 1. The topological polar surface area (TPSA) is 86.2 Å². The van der Waals surface area contributed by atoms with Crippen molar-refractivity contribution in [1.29, 1.82) is 5.26 Å². The van der Waals surface area contributed by atoms with E-state index >= 15 is 0 Å². The third-order valence-electron chi connectivity index (χ3n) is 3.36. The first kappa shape index (κ1) is 15.1. The van der Waals surface area contributed by atoms with E-state index in [9.17, 15) is 14.9 Å². The highest BCUT2D eigenvalue weighted by Gasteiger charge is 2.38. The highest BCUT2D eigenvalue weighted by molar-refractivity contribution is 5.69. The van der Waals surface area contributed by atoms with Gasteiger partial charge in [-0.05, 0) is 32.4 Å². The van der Waals surface area contributed by atoms with Gasteiger partial charge in [-0.15, -0.1) is 0 Å². The first-order valence-corrected chi connectivity index (χ1v) is 6.86. The maximum atomic E-state index is 12.1. The van der Waals surface area contributed by atoms with Gasteiger partial charge in [0.2, 0.25) is 5.56 Å². The summed E-state index contributed by atoms with van der Waals surface area (Å²) in [4.78, 5) is 27.6. The van der Waals surface area contributed by atoms with Gasteiger partial charge in [0, 0.05) is 31.3 Å². The molecule has 1 aromatic rings. The van der Waals surface area contributed by atoms with Crippen LogP contribution in [0, 0.1) is 17.2 Å². The van der Waals surface area contributed by atoms with E-state index in [1.165, 1.54) is 11.0 Å². The molecule has 1 fully saturated rings. The van der Waals surface area contributed by atoms with Crippen LogP contribution in [0.4, 0.5) is 4.79 Å². The Labute approximate surface area is 123 Å². The fourth-order valence-electron chi connectivity index (χ4n) is 2.44. The molecule has 0 radical (unpaired) electrons. The summed E-state index contributed by atoms with van der Waals surface area (Å²) in [7, 11) is 0. The van der Waals surface area contributed by atoms with Crippen molar-refractivity contribution in [2.75, 3.05) is 13.1 Å². The number of nitrogens with one attached hydrogen (secondary N) is 1. The maximum absolute atomic E-state index is 12.1. The highest BCUT2D eigenvalue weighted by Crippen LogP contribution is 2.32. The van der Waals surface area contributed by atoms with Gasteiger partial charge >= 0.3 is 6.09 Å². The summed E-state index contributed by atoms with van der Waals surface area (Å²) in [5.74, 6) is -0.496. The summed E-state index contributed by atoms with van der Waals surface area (Å²) in [5, 5.41) is 9.28. The van der Waals surface area contributed by atoms with Crippen molar-refractivity contribution in [3.63, 3.8) is 0 Å². The number of aromatic amines is 1. The fraction of sp³-hybridized carbons (Fsp3) is 0.533. The molecule has 2 rings (SSSR count). The Kier molecular flexibility index (Phi) is 4.03. The third-order valence-corrected chi connectivity index (χ3v) is 3.36. The van der Waals surface area contributed by atoms with Crippen molar-refractivity contribution in [2.45, 2.75) is 32.3 Å². The maximum Gasteiger partial charge on any atom is 0.410 e. The molecule has 0 aliphatic carbocycles. The van der Waals surface area contributed by atoms with E-state index in [1.54, 1.807) is 33.0 Å². The summed E-state index contributed by atoms with van der Waals surface area (Å²) in [5.41, 5.74) is -0.00226. The predicted octanol–water partition coefficient (Wildman–Crippen LogP) is 1.85. The molecule has 0 bridgehead atoms. The molecule has 112 valence electrons. The van der Waals surface area contributed by atoms with Gasteiger partial charge in [0.05, 0.1) is 12.0 Å². The summed E-state index contributed by atoms with van der Waals surface area (Å²) < 4.78 is 5.33. The van der Waals surface area contributed by atoms with Crippen molar-refractivity contribution in [1.82, 2.24) is 9.88 Å². The molecular formula is C15H19N3O3. The number of amides is 1. The van der Waals surface area contributed by atoms with E-state index in [4.69, 9.17) is 4.74 Å². The third kappa shape index (κ3) is 3.63. The molecule has 0 saturated carbocycles. The lowest BCUT2D eigenvalue weighted by Crippen LogP contribution is -2.35. The molecule has 1 N–H and O–H groups in total. The number of rotatable bonds is 1. The number of nitriles is 1. The molecule has 2 heterocycles. The van der Waals surface area contributed by atoms with Crippen LogP contribution in [0.3, 0.4) is 0 Å². The molecule has 0 aromatic carbocycles. The van der Waals surface area contributed by atoms with Crippen molar-refractivity contribution in [2.24, 2.45) is 5.92 Å². The minimum absolute atomic E-state index is 0.162. The van der Waals surface area contributed by atoms with Crippen LogP contribution < -0.4 is 5.56 Å². The largest absolute Gasteiger partial charge is 0.444 e. The number of hydrogen-bond donors (Lipinski definition) is 1. The molecule has 1 aliphatic rings. The van der Waals surface area contributed by atoms with E-state index < -0.39 is 11.7 Å². The first-order valence-electron chi connectivity index (χ1n) is 6.86. The molecule has 1 saturated heterocycles. The molecule has 21 heavy (non-hydrogen) atoms.